The predicted molar refractivity (Wildman–Crippen MR) is 129 cm³/mol. The molecule has 3 rings (SSSR count). The van der Waals surface area contributed by atoms with Gasteiger partial charge in [-0.25, -0.2) is 0 Å². The van der Waals surface area contributed by atoms with E-state index in [2.05, 4.69) is 4.74 Å². The van der Waals surface area contributed by atoms with E-state index < -0.39 is 5.92 Å². The molecule has 2 aromatic carbocycles. The second kappa shape index (κ2) is 14.2. The van der Waals surface area contributed by atoms with Crippen molar-refractivity contribution in [3.05, 3.63) is 65.2 Å². The number of ether oxygens (including phenoxy) is 3. The van der Waals surface area contributed by atoms with Crippen LogP contribution in [0.4, 0.5) is 0 Å². The van der Waals surface area contributed by atoms with Crippen LogP contribution < -0.4 is 4.74 Å². The van der Waals surface area contributed by atoms with Gasteiger partial charge in [0.15, 0.2) is 0 Å². The summed E-state index contributed by atoms with van der Waals surface area (Å²) in [7, 11) is 0. The van der Waals surface area contributed by atoms with Crippen molar-refractivity contribution in [1.29, 1.82) is 0 Å². The van der Waals surface area contributed by atoms with Crippen LogP contribution >= 0.6 is 0 Å². The second-order valence-corrected chi connectivity index (χ2v) is 8.65. The Hall–Kier alpha value is -3.15. The molecule has 0 saturated heterocycles. The van der Waals surface area contributed by atoms with Crippen molar-refractivity contribution in [1.82, 2.24) is 0 Å². The molecule has 6 nitrogen and oxygen atoms in total. The van der Waals surface area contributed by atoms with Gasteiger partial charge in [0.25, 0.3) is 6.47 Å². The zero-order chi connectivity index (χ0) is 24.0. The minimum atomic E-state index is -0.417. The Morgan fingerprint density at radius 2 is 1.56 bits per heavy atom. The molecular weight excluding hydrogens is 432 g/mol. The highest BCUT2D eigenvalue weighted by atomic mass is 16.5. The fraction of sp³-hybridized carbons (Fsp3) is 0.464. The van der Waals surface area contributed by atoms with E-state index in [4.69, 9.17) is 9.47 Å². The third-order valence-electron chi connectivity index (χ3n) is 6.07. The summed E-state index contributed by atoms with van der Waals surface area (Å²) in [5.41, 5.74) is 2.76. The van der Waals surface area contributed by atoms with Crippen molar-refractivity contribution >= 4 is 18.4 Å². The van der Waals surface area contributed by atoms with Crippen LogP contribution in [-0.2, 0) is 30.3 Å². The maximum absolute atomic E-state index is 12.4. The zero-order valence-corrected chi connectivity index (χ0v) is 19.7. The lowest BCUT2D eigenvalue weighted by Gasteiger charge is -2.09. The number of rotatable bonds is 16. The standard InChI is InChI=1S/C28H34O6/c29-21-32-18-10-5-3-1-2-4-6-11-19-33-26(30)17-15-22-14-16-25-24(20-22)27(28(31)34-25)23-12-8-7-9-13-23/h7-9,12-14,16,20-21,27H,1-6,10-11,15,17-19H2. The van der Waals surface area contributed by atoms with Crippen LogP contribution in [0.3, 0.4) is 0 Å². The first kappa shape index (κ1) is 25.5. The second-order valence-electron chi connectivity index (χ2n) is 8.65. The fourth-order valence-corrected chi connectivity index (χ4v) is 4.23. The van der Waals surface area contributed by atoms with Gasteiger partial charge in [-0.3, -0.25) is 14.4 Å². The van der Waals surface area contributed by atoms with Crippen molar-refractivity contribution in [2.24, 2.45) is 0 Å². The first-order valence-corrected chi connectivity index (χ1v) is 12.3. The number of esters is 2. The molecular formula is C28H34O6. The molecule has 1 aliphatic rings. The smallest absolute Gasteiger partial charge is 0.323 e. The molecule has 0 radical (unpaired) electrons. The molecule has 0 spiro atoms. The van der Waals surface area contributed by atoms with Crippen LogP contribution in [0.25, 0.3) is 0 Å². The molecule has 1 heterocycles. The SMILES string of the molecule is O=COCCCCCCCCCCOC(=O)CCc1ccc2c(c1)C(c1ccccc1)C(=O)O2. The summed E-state index contributed by atoms with van der Waals surface area (Å²) in [5.74, 6) is -0.274. The van der Waals surface area contributed by atoms with Crippen molar-refractivity contribution in [2.45, 2.75) is 70.1 Å². The Morgan fingerprint density at radius 3 is 2.26 bits per heavy atom. The van der Waals surface area contributed by atoms with Gasteiger partial charge in [0.1, 0.15) is 11.7 Å². The minimum absolute atomic E-state index is 0.190. The fourth-order valence-electron chi connectivity index (χ4n) is 4.23. The molecule has 2 aromatic rings. The van der Waals surface area contributed by atoms with Gasteiger partial charge in [-0.05, 0) is 36.5 Å². The van der Waals surface area contributed by atoms with Crippen LogP contribution in [0.5, 0.6) is 5.75 Å². The molecule has 1 aliphatic heterocycles. The summed E-state index contributed by atoms with van der Waals surface area (Å²) in [6, 6.07) is 15.3. The van der Waals surface area contributed by atoms with Crippen LogP contribution in [0.1, 0.15) is 80.4 Å². The molecule has 0 bridgehead atoms. The lowest BCUT2D eigenvalue weighted by atomic mass is 9.91. The Balaban J connectivity index is 1.30. The van der Waals surface area contributed by atoms with Gasteiger partial charge in [0.05, 0.1) is 13.2 Å². The number of fused-ring (bicyclic) bond motifs is 1. The maximum Gasteiger partial charge on any atom is 0.323 e. The molecule has 6 heteroatoms. The molecule has 1 unspecified atom stereocenters. The van der Waals surface area contributed by atoms with E-state index in [1.807, 2.05) is 48.5 Å². The summed E-state index contributed by atoms with van der Waals surface area (Å²) in [5, 5.41) is 0. The first-order chi connectivity index (χ1) is 16.7. The Bertz CT molecular complexity index is 924. The van der Waals surface area contributed by atoms with Gasteiger partial charge >= 0.3 is 11.9 Å². The Kier molecular flexibility index (Phi) is 10.6. The molecule has 182 valence electrons. The van der Waals surface area contributed by atoms with E-state index in [-0.39, 0.29) is 11.9 Å². The molecule has 1 atom stereocenters. The lowest BCUT2D eigenvalue weighted by molar-refractivity contribution is -0.143. The number of aryl methyl sites for hydroxylation is 1. The van der Waals surface area contributed by atoms with Crippen LogP contribution in [-0.4, -0.2) is 31.6 Å². The maximum atomic E-state index is 12.4. The Labute approximate surface area is 201 Å². The van der Waals surface area contributed by atoms with Gasteiger partial charge in [0, 0.05) is 12.0 Å². The number of carbonyl (C=O) groups excluding carboxylic acids is 3. The van der Waals surface area contributed by atoms with Crippen molar-refractivity contribution in [3.63, 3.8) is 0 Å². The zero-order valence-electron chi connectivity index (χ0n) is 19.7. The van der Waals surface area contributed by atoms with Crippen molar-refractivity contribution in [2.75, 3.05) is 13.2 Å². The van der Waals surface area contributed by atoms with E-state index in [1.165, 1.54) is 12.8 Å². The average molecular weight is 467 g/mol. The summed E-state index contributed by atoms with van der Waals surface area (Å²) >= 11 is 0. The monoisotopic (exact) mass is 466 g/mol. The van der Waals surface area contributed by atoms with E-state index in [1.54, 1.807) is 0 Å². The predicted octanol–water partition coefficient (Wildman–Crippen LogP) is 5.51. The number of benzene rings is 2. The molecule has 0 saturated carbocycles. The third kappa shape index (κ3) is 8.01. The van der Waals surface area contributed by atoms with Gasteiger partial charge in [-0.2, -0.15) is 0 Å². The quantitative estimate of drug-likeness (QED) is 0.141. The van der Waals surface area contributed by atoms with Gasteiger partial charge in [-0.1, -0.05) is 81.0 Å². The molecule has 0 fully saturated rings. The molecule has 0 amide bonds. The van der Waals surface area contributed by atoms with E-state index in [0.29, 0.717) is 38.3 Å². The highest BCUT2D eigenvalue weighted by molar-refractivity contribution is 5.89. The lowest BCUT2D eigenvalue weighted by Crippen LogP contribution is -2.11. The Morgan fingerprint density at radius 1 is 0.882 bits per heavy atom. The molecule has 0 aromatic heterocycles. The topological polar surface area (TPSA) is 78.9 Å². The third-order valence-corrected chi connectivity index (χ3v) is 6.07. The van der Waals surface area contributed by atoms with Crippen LogP contribution in [0.15, 0.2) is 48.5 Å². The number of hydrogen-bond acceptors (Lipinski definition) is 6. The summed E-state index contributed by atoms with van der Waals surface area (Å²) in [6.45, 7) is 1.48. The van der Waals surface area contributed by atoms with E-state index in [9.17, 15) is 14.4 Å². The van der Waals surface area contributed by atoms with E-state index >= 15 is 0 Å². The number of hydrogen-bond donors (Lipinski definition) is 0. The molecule has 34 heavy (non-hydrogen) atoms. The average Bonchev–Trinajstić information content (AvgIpc) is 3.18. The van der Waals surface area contributed by atoms with Gasteiger partial charge in [-0.15, -0.1) is 0 Å². The highest BCUT2D eigenvalue weighted by Gasteiger charge is 2.34. The van der Waals surface area contributed by atoms with Crippen molar-refractivity contribution < 1.29 is 28.6 Å². The minimum Gasteiger partial charge on any atom is -0.468 e. The number of unbranched alkanes of at least 4 members (excludes halogenated alkanes) is 7. The van der Waals surface area contributed by atoms with Crippen LogP contribution in [0, 0.1) is 0 Å². The summed E-state index contributed by atoms with van der Waals surface area (Å²) in [4.78, 5) is 34.6. The van der Waals surface area contributed by atoms with E-state index in [0.717, 1.165) is 55.2 Å². The van der Waals surface area contributed by atoms with Crippen molar-refractivity contribution in [3.8, 4) is 5.75 Å². The van der Waals surface area contributed by atoms with Gasteiger partial charge in [0.2, 0.25) is 0 Å². The van der Waals surface area contributed by atoms with Gasteiger partial charge < -0.3 is 14.2 Å². The normalized spacial score (nSPS) is 14.4. The highest BCUT2D eigenvalue weighted by Crippen LogP contribution is 2.39. The molecule has 0 aliphatic carbocycles. The summed E-state index contributed by atoms with van der Waals surface area (Å²) < 4.78 is 15.5. The van der Waals surface area contributed by atoms with Crippen LogP contribution in [0.2, 0.25) is 0 Å². The number of carbonyl (C=O) groups is 3. The molecule has 0 N–H and O–H groups in total. The largest absolute Gasteiger partial charge is 0.468 e. The first-order valence-electron chi connectivity index (χ1n) is 12.3. The summed E-state index contributed by atoms with van der Waals surface area (Å²) in [6.07, 6.45) is 9.51.